The van der Waals surface area contributed by atoms with Crippen molar-refractivity contribution in [2.45, 2.75) is 200 Å². The van der Waals surface area contributed by atoms with E-state index >= 15 is 0 Å². The van der Waals surface area contributed by atoms with E-state index in [0.717, 1.165) is 38.5 Å². The van der Waals surface area contributed by atoms with Gasteiger partial charge in [0.25, 0.3) is 0 Å². The molecule has 8 nitrogen and oxygen atoms in total. The minimum atomic E-state index is -4.27. The number of likely N-dealkylation sites (N-methyl/N-ethyl adjacent to an activating group) is 1. The van der Waals surface area contributed by atoms with E-state index in [4.69, 9.17) is 18.5 Å². The average molecular weight is 747 g/mol. The van der Waals surface area contributed by atoms with Gasteiger partial charge >= 0.3 is 13.8 Å². The molecule has 0 fully saturated rings. The second kappa shape index (κ2) is 36.2. The Morgan fingerprint density at radius 1 is 0.588 bits per heavy atom. The predicted octanol–water partition coefficient (Wildman–Crippen LogP) is 12.3. The number of phosphoric acid groups is 1. The maximum Gasteiger partial charge on any atom is 0.472 e. The third-order valence-corrected chi connectivity index (χ3v) is 10.3. The molecule has 2 atom stereocenters. The minimum Gasteiger partial charge on any atom is -0.457 e. The highest BCUT2D eigenvalue weighted by Crippen LogP contribution is 2.43. The summed E-state index contributed by atoms with van der Waals surface area (Å²) in [4.78, 5) is 22.8. The number of phosphoric ester groups is 1. The third kappa shape index (κ3) is 40.3. The van der Waals surface area contributed by atoms with Crippen molar-refractivity contribution in [2.24, 2.45) is 0 Å². The SMILES string of the molecule is CCCCCCCCCCCCCC=CCCCOCC(COP(=O)(O)OCC[N+](C)(C)C)OC(=O)CCCCCCCCCCCCCCC. The first-order valence-electron chi connectivity index (χ1n) is 21.4. The molecule has 0 aliphatic carbocycles. The summed E-state index contributed by atoms with van der Waals surface area (Å²) in [5, 5.41) is 0. The van der Waals surface area contributed by atoms with Crippen molar-refractivity contribution in [3.05, 3.63) is 12.2 Å². The van der Waals surface area contributed by atoms with Gasteiger partial charge in [0.15, 0.2) is 0 Å². The summed E-state index contributed by atoms with van der Waals surface area (Å²) in [6.45, 7) is 5.56. The van der Waals surface area contributed by atoms with Crippen LogP contribution in [0.5, 0.6) is 0 Å². The molecule has 0 heterocycles. The van der Waals surface area contributed by atoms with Crippen LogP contribution >= 0.6 is 7.82 Å². The van der Waals surface area contributed by atoms with Gasteiger partial charge in [-0.25, -0.2) is 4.57 Å². The fourth-order valence-corrected chi connectivity index (χ4v) is 6.71. The van der Waals surface area contributed by atoms with Crippen molar-refractivity contribution in [3.8, 4) is 0 Å². The van der Waals surface area contributed by atoms with Gasteiger partial charge in [0.2, 0.25) is 0 Å². The number of quaternary nitrogens is 1. The lowest BCUT2D eigenvalue weighted by Gasteiger charge is -2.24. The zero-order valence-electron chi connectivity index (χ0n) is 34.4. The maximum atomic E-state index is 12.6. The van der Waals surface area contributed by atoms with Crippen molar-refractivity contribution >= 4 is 13.8 Å². The Hall–Kier alpha value is -0.760. The van der Waals surface area contributed by atoms with E-state index in [9.17, 15) is 14.3 Å². The first kappa shape index (κ1) is 50.2. The Bertz CT molecular complexity index is 833. The number of unbranched alkanes of at least 4 members (excludes halogenated alkanes) is 24. The summed E-state index contributed by atoms with van der Waals surface area (Å²) in [5.74, 6) is -0.320. The lowest BCUT2D eigenvalue weighted by atomic mass is 10.0. The van der Waals surface area contributed by atoms with Gasteiger partial charge in [-0.1, -0.05) is 167 Å². The third-order valence-electron chi connectivity index (χ3n) is 9.33. The zero-order valence-corrected chi connectivity index (χ0v) is 35.3. The molecule has 1 N–H and O–H groups in total. The van der Waals surface area contributed by atoms with Gasteiger partial charge in [-0.15, -0.1) is 0 Å². The predicted molar refractivity (Wildman–Crippen MR) is 215 cm³/mol. The van der Waals surface area contributed by atoms with Crippen molar-refractivity contribution in [3.63, 3.8) is 0 Å². The van der Waals surface area contributed by atoms with Gasteiger partial charge < -0.3 is 18.9 Å². The van der Waals surface area contributed by atoms with Crippen LogP contribution in [0.15, 0.2) is 12.2 Å². The van der Waals surface area contributed by atoms with Crippen LogP contribution in [0.25, 0.3) is 0 Å². The van der Waals surface area contributed by atoms with Crippen LogP contribution in [-0.4, -0.2) is 75.6 Å². The van der Waals surface area contributed by atoms with E-state index in [2.05, 4.69) is 26.0 Å². The number of carbonyl (C=O) groups is 1. The smallest absolute Gasteiger partial charge is 0.457 e. The molecule has 2 unspecified atom stereocenters. The molecule has 0 spiro atoms. The number of esters is 1. The Labute approximate surface area is 316 Å². The number of ether oxygens (including phenoxy) is 2. The molecule has 51 heavy (non-hydrogen) atoms. The Balaban J connectivity index is 4.25. The van der Waals surface area contributed by atoms with Crippen molar-refractivity contribution < 1.29 is 37.3 Å². The molecular weight excluding hydrogens is 661 g/mol. The number of hydrogen-bond acceptors (Lipinski definition) is 6. The molecule has 0 amide bonds. The van der Waals surface area contributed by atoms with Gasteiger partial charge in [0.05, 0.1) is 34.4 Å². The lowest BCUT2D eigenvalue weighted by molar-refractivity contribution is -0.870. The fourth-order valence-electron chi connectivity index (χ4n) is 5.97. The molecule has 304 valence electrons. The van der Waals surface area contributed by atoms with Gasteiger partial charge in [-0.05, 0) is 32.1 Å². The minimum absolute atomic E-state index is 0.0874. The van der Waals surface area contributed by atoms with E-state index in [-0.39, 0.29) is 25.8 Å². The van der Waals surface area contributed by atoms with Crippen LogP contribution in [0.3, 0.4) is 0 Å². The molecule has 0 aliphatic rings. The first-order chi connectivity index (χ1) is 24.6. The summed E-state index contributed by atoms with van der Waals surface area (Å²) in [6, 6.07) is 0. The van der Waals surface area contributed by atoms with Crippen LogP contribution in [0, 0.1) is 0 Å². The quantitative estimate of drug-likeness (QED) is 0.0219. The molecule has 0 aromatic rings. The van der Waals surface area contributed by atoms with Crippen molar-refractivity contribution in [1.82, 2.24) is 0 Å². The van der Waals surface area contributed by atoms with Crippen LogP contribution in [0.4, 0.5) is 0 Å². The van der Waals surface area contributed by atoms with Crippen molar-refractivity contribution in [2.75, 3.05) is 54.1 Å². The second-order valence-electron chi connectivity index (χ2n) is 15.7. The Morgan fingerprint density at radius 2 is 1.02 bits per heavy atom. The summed E-state index contributed by atoms with van der Waals surface area (Å²) in [5.41, 5.74) is 0. The molecule has 0 aromatic carbocycles. The molecule has 0 rings (SSSR count). The first-order valence-corrected chi connectivity index (χ1v) is 22.9. The Morgan fingerprint density at radius 3 is 1.49 bits per heavy atom. The highest BCUT2D eigenvalue weighted by Gasteiger charge is 2.26. The van der Waals surface area contributed by atoms with Gasteiger partial charge in [-0.3, -0.25) is 13.8 Å². The highest BCUT2D eigenvalue weighted by atomic mass is 31.2. The monoisotopic (exact) mass is 747 g/mol. The summed E-state index contributed by atoms with van der Waals surface area (Å²) in [6.07, 6.45) is 38.2. The maximum absolute atomic E-state index is 12.6. The topological polar surface area (TPSA) is 91.3 Å². The van der Waals surface area contributed by atoms with E-state index in [1.54, 1.807) is 0 Å². The summed E-state index contributed by atoms with van der Waals surface area (Å²) < 4.78 is 34.9. The molecule has 0 aliphatic heterocycles. The molecule has 0 bridgehead atoms. The summed E-state index contributed by atoms with van der Waals surface area (Å²) in [7, 11) is 1.66. The average Bonchev–Trinajstić information content (AvgIpc) is 3.08. The molecule has 9 heteroatoms. The number of carbonyl (C=O) groups excluding carboxylic acids is 1. The van der Waals surface area contributed by atoms with Crippen LogP contribution in [-0.2, 0) is 27.9 Å². The lowest BCUT2D eigenvalue weighted by Crippen LogP contribution is -2.37. The second-order valence-corrected chi connectivity index (χ2v) is 17.2. The standard InChI is InChI=1S/C42H84NO7P/c1-6-8-10-12-14-16-18-20-21-22-24-26-28-30-32-34-37-47-39-41(40-49-51(45,46)48-38-36-43(3,4)5)50-42(44)35-33-31-29-27-25-23-19-17-15-13-11-9-7-2/h28,30,41H,6-27,29,31-40H2,1-5H3/p+1. The van der Waals surface area contributed by atoms with Crippen LogP contribution in [0.1, 0.15) is 194 Å². The molecule has 0 radical (unpaired) electrons. The molecule has 0 saturated heterocycles. The van der Waals surface area contributed by atoms with E-state index in [1.807, 2.05) is 21.1 Å². The van der Waals surface area contributed by atoms with Crippen LogP contribution < -0.4 is 0 Å². The zero-order chi connectivity index (χ0) is 37.7. The summed E-state index contributed by atoms with van der Waals surface area (Å²) >= 11 is 0. The van der Waals surface area contributed by atoms with Crippen LogP contribution in [0.2, 0.25) is 0 Å². The molecule has 0 saturated carbocycles. The van der Waals surface area contributed by atoms with E-state index < -0.39 is 13.9 Å². The number of hydrogen-bond donors (Lipinski definition) is 1. The van der Waals surface area contributed by atoms with Crippen molar-refractivity contribution in [1.29, 1.82) is 0 Å². The van der Waals surface area contributed by atoms with Gasteiger partial charge in [-0.2, -0.15) is 0 Å². The van der Waals surface area contributed by atoms with Gasteiger partial charge in [0.1, 0.15) is 19.3 Å². The fraction of sp³-hybridized carbons (Fsp3) is 0.929. The van der Waals surface area contributed by atoms with Gasteiger partial charge in [0, 0.05) is 13.0 Å². The Kier molecular flexibility index (Phi) is 35.7. The number of allylic oxidation sites excluding steroid dienone is 2. The van der Waals surface area contributed by atoms with E-state index in [0.29, 0.717) is 24.1 Å². The number of rotatable bonds is 40. The molecule has 0 aromatic heterocycles. The highest BCUT2D eigenvalue weighted by molar-refractivity contribution is 7.47. The largest absolute Gasteiger partial charge is 0.472 e. The normalized spacial score (nSPS) is 13.9. The number of nitrogens with zero attached hydrogens (tertiary/aromatic N) is 1. The van der Waals surface area contributed by atoms with E-state index in [1.165, 1.54) is 135 Å². The molecular formula is C42H85NO7P+.